The van der Waals surface area contributed by atoms with Crippen molar-refractivity contribution >= 4 is 17.9 Å². The number of carbonyl (C=O) groups excluding carboxylic acids is 1. The van der Waals surface area contributed by atoms with Crippen LogP contribution in [0.1, 0.15) is 6.92 Å². The third-order valence-electron chi connectivity index (χ3n) is 1.22. The fourth-order valence-electron chi connectivity index (χ4n) is 0.171. The van der Waals surface area contributed by atoms with Crippen LogP contribution in [0, 0.1) is 0 Å². The third-order valence-corrected chi connectivity index (χ3v) is 1.22. The molecule has 0 radical (unpaired) electrons. The van der Waals surface area contributed by atoms with Gasteiger partial charge in [0.25, 0.3) is 0 Å². The maximum atomic E-state index is 9.84. The standard InChI is InChI=1S/C4H6O3.2C4H6O2/c1-3(7-2)4(5)6;1-3-4(5)6-2;1-3(2)4(5)6/h1H2,2H3,(H,5,6);3H,1H2,2H3;1H2,2H3,(H,5,6). The first kappa shape index (κ1) is 21.7. The summed E-state index contributed by atoms with van der Waals surface area (Å²) in [4.78, 5) is 29.1. The van der Waals surface area contributed by atoms with Crippen molar-refractivity contribution < 1.29 is 34.1 Å². The lowest BCUT2D eigenvalue weighted by atomic mass is 10.4. The number of ether oxygens (including phenoxy) is 2. The molecule has 0 saturated carbocycles. The maximum absolute atomic E-state index is 9.84. The van der Waals surface area contributed by atoms with E-state index in [1.807, 2.05) is 0 Å². The Morgan fingerprint density at radius 2 is 1.37 bits per heavy atom. The zero-order valence-electron chi connectivity index (χ0n) is 11.1. The summed E-state index contributed by atoms with van der Waals surface area (Å²) in [5.41, 5.74) is 0.176. The largest absolute Gasteiger partial charge is 0.490 e. The quantitative estimate of drug-likeness (QED) is 0.450. The zero-order valence-corrected chi connectivity index (χ0v) is 11.1. The van der Waals surface area contributed by atoms with Crippen molar-refractivity contribution in [2.24, 2.45) is 0 Å². The second-order valence-electron chi connectivity index (χ2n) is 2.75. The van der Waals surface area contributed by atoms with Crippen LogP contribution in [0.3, 0.4) is 0 Å². The predicted octanol–water partition coefficient (Wildman–Crippen LogP) is 1.22. The molecule has 0 spiro atoms. The topological polar surface area (TPSA) is 110 Å². The van der Waals surface area contributed by atoms with E-state index in [1.54, 1.807) is 0 Å². The van der Waals surface area contributed by atoms with Crippen LogP contribution in [-0.4, -0.2) is 42.3 Å². The van der Waals surface area contributed by atoms with Crippen LogP contribution in [0.5, 0.6) is 0 Å². The van der Waals surface area contributed by atoms with Gasteiger partial charge in [-0.25, -0.2) is 14.4 Å². The van der Waals surface area contributed by atoms with Gasteiger partial charge in [0.2, 0.25) is 0 Å². The van der Waals surface area contributed by atoms with Crippen molar-refractivity contribution in [3.63, 3.8) is 0 Å². The molecule has 0 aromatic heterocycles. The number of hydrogen-bond acceptors (Lipinski definition) is 5. The minimum absolute atomic E-state index is 0.176. The van der Waals surface area contributed by atoms with E-state index in [2.05, 4.69) is 29.2 Å². The van der Waals surface area contributed by atoms with Crippen molar-refractivity contribution in [3.05, 3.63) is 37.1 Å². The SMILES string of the molecule is C=C(C)C(=O)O.C=C(OC)C(=O)O.C=CC(=O)OC. The highest BCUT2D eigenvalue weighted by Crippen LogP contribution is 1.86. The molecule has 0 amide bonds. The molecule has 0 rings (SSSR count). The molecule has 108 valence electrons. The molecule has 0 unspecified atom stereocenters. The van der Waals surface area contributed by atoms with Crippen LogP contribution < -0.4 is 0 Å². The van der Waals surface area contributed by atoms with Gasteiger partial charge in [-0.3, -0.25) is 0 Å². The number of hydrogen-bond donors (Lipinski definition) is 2. The highest BCUT2D eigenvalue weighted by atomic mass is 16.5. The van der Waals surface area contributed by atoms with Crippen molar-refractivity contribution in [1.29, 1.82) is 0 Å². The van der Waals surface area contributed by atoms with Crippen LogP contribution >= 0.6 is 0 Å². The number of aliphatic carboxylic acids is 2. The number of carbonyl (C=O) groups is 3. The molecule has 0 aliphatic rings. The van der Waals surface area contributed by atoms with Gasteiger partial charge >= 0.3 is 17.9 Å². The molecule has 19 heavy (non-hydrogen) atoms. The van der Waals surface area contributed by atoms with Crippen LogP contribution in [-0.2, 0) is 23.9 Å². The summed E-state index contributed by atoms with van der Waals surface area (Å²) < 4.78 is 8.36. The molecule has 0 fully saturated rings. The van der Waals surface area contributed by atoms with E-state index in [9.17, 15) is 14.4 Å². The van der Waals surface area contributed by atoms with E-state index in [-0.39, 0.29) is 11.3 Å². The molecule has 7 nitrogen and oxygen atoms in total. The predicted molar refractivity (Wildman–Crippen MR) is 68.4 cm³/mol. The molecule has 0 aliphatic heterocycles. The van der Waals surface area contributed by atoms with Gasteiger partial charge in [-0.15, -0.1) is 0 Å². The Hall–Kier alpha value is -2.57. The minimum atomic E-state index is -1.12. The summed E-state index contributed by atoms with van der Waals surface area (Å²) >= 11 is 0. The van der Waals surface area contributed by atoms with Gasteiger partial charge in [0.15, 0.2) is 5.76 Å². The Morgan fingerprint density at radius 3 is 1.37 bits per heavy atom. The zero-order chi connectivity index (χ0) is 16.0. The van der Waals surface area contributed by atoms with Gasteiger partial charge in [0, 0.05) is 11.6 Å². The van der Waals surface area contributed by atoms with Crippen LogP contribution in [0.25, 0.3) is 0 Å². The van der Waals surface area contributed by atoms with Crippen LogP contribution in [0.4, 0.5) is 0 Å². The van der Waals surface area contributed by atoms with E-state index < -0.39 is 17.9 Å². The van der Waals surface area contributed by atoms with E-state index >= 15 is 0 Å². The summed E-state index contributed by atoms with van der Waals surface area (Å²) in [5.74, 6) is -2.69. The van der Waals surface area contributed by atoms with Gasteiger partial charge < -0.3 is 19.7 Å². The summed E-state index contributed by atoms with van der Waals surface area (Å²) in [5, 5.41) is 15.8. The van der Waals surface area contributed by atoms with Gasteiger partial charge in [0.05, 0.1) is 14.2 Å². The number of esters is 1. The number of carboxylic acids is 2. The average Bonchev–Trinajstić information content (AvgIpc) is 2.37. The lowest BCUT2D eigenvalue weighted by Gasteiger charge is -1.92. The first-order chi connectivity index (χ1) is 8.63. The fourth-order valence-corrected chi connectivity index (χ4v) is 0.171. The lowest BCUT2D eigenvalue weighted by molar-refractivity contribution is -0.136. The lowest BCUT2D eigenvalue weighted by Crippen LogP contribution is -1.99. The van der Waals surface area contributed by atoms with E-state index in [1.165, 1.54) is 21.1 Å². The number of rotatable bonds is 4. The molecule has 0 heterocycles. The third kappa shape index (κ3) is 21.3. The van der Waals surface area contributed by atoms with Gasteiger partial charge in [-0.1, -0.05) is 13.2 Å². The number of methoxy groups -OCH3 is 2. The Labute approximate surface area is 111 Å². The van der Waals surface area contributed by atoms with E-state index in [0.29, 0.717) is 0 Å². The Morgan fingerprint density at radius 1 is 1.00 bits per heavy atom. The molecule has 0 aromatic rings. The molecule has 0 saturated heterocycles. The van der Waals surface area contributed by atoms with Gasteiger partial charge in [-0.05, 0) is 13.5 Å². The molecule has 0 aromatic carbocycles. The highest BCUT2D eigenvalue weighted by molar-refractivity contribution is 5.84. The molecule has 7 heteroatoms. The van der Waals surface area contributed by atoms with Crippen molar-refractivity contribution in [3.8, 4) is 0 Å². The smallest absolute Gasteiger partial charge is 0.370 e. The maximum Gasteiger partial charge on any atom is 0.370 e. The first-order valence-electron chi connectivity index (χ1n) is 4.69. The summed E-state index contributed by atoms with van der Waals surface area (Å²) in [7, 11) is 2.57. The fraction of sp³-hybridized carbons (Fsp3) is 0.250. The second kappa shape index (κ2) is 13.5. The highest BCUT2D eigenvalue weighted by Gasteiger charge is 1.98. The number of carboxylic acid groups (broad SMARTS) is 2. The van der Waals surface area contributed by atoms with Crippen molar-refractivity contribution in [2.75, 3.05) is 14.2 Å². The molecule has 2 N–H and O–H groups in total. The van der Waals surface area contributed by atoms with Gasteiger partial charge in [0.1, 0.15) is 0 Å². The first-order valence-corrected chi connectivity index (χ1v) is 4.69. The van der Waals surface area contributed by atoms with E-state index in [4.69, 9.17) is 10.2 Å². The summed E-state index contributed by atoms with van der Waals surface area (Å²) in [6, 6.07) is 0. The van der Waals surface area contributed by atoms with E-state index in [0.717, 1.165) is 6.08 Å². The minimum Gasteiger partial charge on any atom is -0.490 e. The summed E-state index contributed by atoms with van der Waals surface area (Å²) in [6.45, 7) is 10.8. The molecular weight excluding hydrogens is 256 g/mol. The molecule has 0 atom stereocenters. The molecular formula is C12H18O7. The van der Waals surface area contributed by atoms with Crippen molar-refractivity contribution in [1.82, 2.24) is 0 Å². The average molecular weight is 274 g/mol. The van der Waals surface area contributed by atoms with Crippen LogP contribution in [0.15, 0.2) is 37.1 Å². The van der Waals surface area contributed by atoms with Crippen molar-refractivity contribution in [2.45, 2.75) is 6.92 Å². The van der Waals surface area contributed by atoms with Crippen LogP contribution in [0.2, 0.25) is 0 Å². The summed E-state index contributed by atoms with van der Waals surface area (Å²) in [6.07, 6.45) is 1.11. The normalized spacial score (nSPS) is 7.32. The molecule has 0 aliphatic carbocycles. The Balaban J connectivity index is -0.000000203. The monoisotopic (exact) mass is 274 g/mol. The van der Waals surface area contributed by atoms with Gasteiger partial charge in [-0.2, -0.15) is 0 Å². The Bertz CT molecular complexity index is 340. The Kier molecular flexibility index (Phi) is 15.4. The second-order valence-corrected chi connectivity index (χ2v) is 2.75. The molecule has 0 bridgehead atoms.